The summed E-state index contributed by atoms with van der Waals surface area (Å²) < 4.78 is 0. The monoisotopic (exact) mass is 383 g/mol. The van der Waals surface area contributed by atoms with E-state index in [2.05, 4.69) is 0 Å². The Morgan fingerprint density at radius 2 is 1.23 bits per heavy atom. The lowest BCUT2D eigenvalue weighted by Gasteiger charge is -2.10. The first-order valence-electron chi connectivity index (χ1n) is 7.98. The molecule has 3 aromatic rings. The topological polar surface area (TPSA) is 63.4 Å². The number of hydrogen-bond acceptors (Lipinski definition) is 5. The van der Waals surface area contributed by atoms with Crippen molar-refractivity contribution in [3.63, 3.8) is 0 Å². The highest BCUT2D eigenvalue weighted by Gasteiger charge is 2.16. The van der Waals surface area contributed by atoms with Crippen LogP contribution in [0.3, 0.4) is 0 Å². The van der Waals surface area contributed by atoms with Gasteiger partial charge in [-0.25, -0.2) is 0 Å². The first-order chi connectivity index (χ1) is 12.6. The Labute approximate surface area is 160 Å². The predicted octanol–water partition coefficient (Wildman–Crippen LogP) is 5.89. The van der Waals surface area contributed by atoms with Crippen molar-refractivity contribution in [3.8, 4) is 5.75 Å². The van der Waals surface area contributed by atoms with Crippen molar-refractivity contribution >= 4 is 29.2 Å². The molecule has 3 aromatic carbocycles. The number of aromatic hydroxyl groups is 1. The molecule has 26 heavy (non-hydrogen) atoms. The number of phenolic OH excluding ortho intramolecular Hbond substituents is 1. The summed E-state index contributed by atoms with van der Waals surface area (Å²) in [5, 5.41) is 21.9. The zero-order chi connectivity index (χ0) is 18.4. The molecule has 132 valence electrons. The second-order valence-electron chi connectivity index (χ2n) is 5.57. The summed E-state index contributed by atoms with van der Waals surface area (Å²) >= 11 is 3.08. The van der Waals surface area contributed by atoms with Crippen LogP contribution in [0.1, 0.15) is 11.1 Å². The molecule has 0 spiro atoms. The van der Waals surface area contributed by atoms with Crippen LogP contribution in [0.5, 0.6) is 5.75 Å². The number of nitrogens with zero attached hydrogens (tertiary/aromatic N) is 1. The first kappa shape index (κ1) is 18.4. The molecule has 0 unspecified atom stereocenters. The first-order valence-corrected chi connectivity index (χ1v) is 9.95. The van der Waals surface area contributed by atoms with Crippen molar-refractivity contribution in [2.45, 2.75) is 21.3 Å². The van der Waals surface area contributed by atoms with Gasteiger partial charge in [0.1, 0.15) is 5.75 Å². The Kier molecular flexibility index (Phi) is 6.20. The van der Waals surface area contributed by atoms with Gasteiger partial charge in [0.15, 0.2) is 0 Å². The molecule has 0 fully saturated rings. The van der Waals surface area contributed by atoms with Crippen molar-refractivity contribution in [1.29, 1.82) is 0 Å². The summed E-state index contributed by atoms with van der Waals surface area (Å²) in [5.41, 5.74) is 1.17. The summed E-state index contributed by atoms with van der Waals surface area (Å²) in [6.45, 7) is 0. The van der Waals surface area contributed by atoms with Crippen LogP contribution >= 0.6 is 23.5 Å². The second kappa shape index (κ2) is 8.78. The van der Waals surface area contributed by atoms with Gasteiger partial charge in [-0.2, -0.15) is 0 Å². The Balaban J connectivity index is 1.81. The number of thioether (sulfide) groups is 2. The number of nitro benzene ring substituents is 1. The van der Waals surface area contributed by atoms with Crippen LogP contribution in [-0.2, 0) is 11.5 Å². The molecule has 0 saturated heterocycles. The van der Waals surface area contributed by atoms with E-state index in [1.54, 1.807) is 23.5 Å². The van der Waals surface area contributed by atoms with Crippen molar-refractivity contribution in [3.05, 3.63) is 94.0 Å². The third-order valence-electron chi connectivity index (χ3n) is 3.74. The Bertz CT molecular complexity index is 822. The van der Waals surface area contributed by atoms with Crippen LogP contribution in [-0.4, -0.2) is 10.0 Å². The van der Waals surface area contributed by atoms with Crippen LogP contribution in [0, 0.1) is 10.1 Å². The van der Waals surface area contributed by atoms with Gasteiger partial charge in [0, 0.05) is 44.6 Å². The third-order valence-corrected chi connectivity index (χ3v) is 5.86. The van der Waals surface area contributed by atoms with Crippen LogP contribution < -0.4 is 0 Å². The quantitative estimate of drug-likeness (QED) is 0.313. The highest BCUT2D eigenvalue weighted by Crippen LogP contribution is 2.36. The largest absolute Gasteiger partial charge is 0.507 e. The van der Waals surface area contributed by atoms with E-state index < -0.39 is 4.92 Å². The minimum atomic E-state index is -0.410. The molecule has 0 heterocycles. The standard InChI is InChI=1S/C20H17NO3S2/c22-20-15(13-25-18-7-3-1-4-8-18)11-17(21(23)24)12-16(20)14-26-19-9-5-2-6-10-19/h1-12,22H,13-14H2. The maximum absolute atomic E-state index is 11.3. The van der Waals surface area contributed by atoms with Crippen molar-refractivity contribution in [2.24, 2.45) is 0 Å². The van der Waals surface area contributed by atoms with Gasteiger partial charge < -0.3 is 5.11 Å². The average Bonchev–Trinajstić information content (AvgIpc) is 2.67. The van der Waals surface area contributed by atoms with Gasteiger partial charge in [-0.3, -0.25) is 10.1 Å². The molecular formula is C20H17NO3S2. The van der Waals surface area contributed by atoms with E-state index >= 15 is 0 Å². The molecule has 0 amide bonds. The van der Waals surface area contributed by atoms with E-state index in [4.69, 9.17) is 0 Å². The molecule has 0 radical (unpaired) electrons. The van der Waals surface area contributed by atoms with Gasteiger partial charge in [0.25, 0.3) is 5.69 Å². The van der Waals surface area contributed by atoms with Crippen LogP contribution in [0.2, 0.25) is 0 Å². The smallest absolute Gasteiger partial charge is 0.270 e. The lowest BCUT2D eigenvalue weighted by Crippen LogP contribution is -1.95. The Morgan fingerprint density at radius 1 is 0.808 bits per heavy atom. The van der Waals surface area contributed by atoms with E-state index in [0.717, 1.165) is 9.79 Å². The normalized spacial score (nSPS) is 10.6. The molecule has 6 heteroatoms. The molecule has 0 aliphatic heterocycles. The summed E-state index contributed by atoms with van der Waals surface area (Å²) in [4.78, 5) is 13.0. The summed E-state index contributed by atoms with van der Waals surface area (Å²) in [6.07, 6.45) is 0. The van der Waals surface area contributed by atoms with Crippen molar-refractivity contribution < 1.29 is 10.0 Å². The van der Waals surface area contributed by atoms with Gasteiger partial charge in [-0.05, 0) is 24.3 Å². The fourth-order valence-corrected chi connectivity index (χ4v) is 4.21. The zero-order valence-electron chi connectivity index (χ0n) is 13.9. The molecule has 0 atom stereocenters. The fraction of sp³-hybridized carbons (Fsp3) is 0.100. The number of rotatable bonds is 7. The molecule has 0 aliphatic carbocycles. The molecule has 0 aliphatic rings. The maximum atomic E-state index is 11.3. The number of phenols is 1. The molecule has 0 saturated carbocycles. The average molecular weight is 383 g/mol. The number of hydrogen-bond donors (Lipinski definition) is 1. The van der Waals surface area contributed by atoms with Crippen molar-refractivity contribution in [1.82, 2.24) is 0 Å². The van der Waals surface area contributed by atoms with Gasteiger partial charge in [-0.1, -0.05) is 36.4 Å². The predicted molar refractivity (Wildman–Crippen MR) is 107 cm³/mol. The number of benzene rings is 3. The van der Waals surface area contributed by atoms with Crippen molar-refractivity contribution in [2.75, 3.05) is 0 Å². The van der Waals surface area contributed by atoms with Crippen LogP contribution in [0.25, 0.3) is 0 Å². The summed E-state index contributed by atoms with van der Waals surface area (Å²) in [5.74, 6) is 1.09. The number of nitro groups is 1. The van der Waals surface area contributed by atoms with E-state index in [0.29, 0.717) is 22.6 Å². The zero-order valence-corrected chi connectivity index (χ0v) is 15.5. The molecule has 0 bridgehead atoms. The minimum Gasteiger partial charge on any atom is -0.507 e. The Hall–Kier alpha value is -2.44. The maximum Gasteiger partial charge on any atom is 0.270 e. The number of non-ortho nitro benzene ring substituents is 1. The van der Waals surface area contributed by atoms with Gasteiger partial charge in [0.2, 0.25) is 0 Å². The highest BCUT2D eigenvalue weighted by molar-refractivity contribution is 7.98. The van der Waals surface area contributed by atoms with Gasteiger partial charge in [0.05, 0.1) is 4.92 Å². The summed E-state index contributed by atoms with van der Waals surface area (Å²) in [7, 11) is 0. The second-order valence-corrected chi connectivity index (χ2v) is 7.67. The van der Waals surface area contributed by atoms with E-state index in [1.807, 2.05) is 60.7 Å². The van der Waals surface area contributed by atoms with Crippen LogP contribution in [0.4, 0.5) is 5.69 Å². The third kappa shape index (κ3) is 4.80. The van der Waals surface area contributed by atoms with E-state index in [-0.39, 0.29) is 11.4 Å². The van der Waals surface area contributed by atoms with Gasteiger partial charge >= 0.3 is 0 Å². The Morgan fingerprint density at radius 3 is 1.62 bits per heavy atom. The highest BCUT2D eigenvalue weighted by atomic mass is 32.2. The lowest BCUT2D eigenvalue weighted by molar-refractivity contribution is -0.385. The fourth-order valence-electron chi connectivity index (χ4n) is 2.42. The molecule has 3 rings (SSSR count). The SMILES string of the molecule is O=[N+]([O-])c1cc(CSc2ccccc2)c(O)c(CSc2ccccc2)c1. The summed E-state index contributed by atoms with van der Waals surface area (Å²) in [6, 6.07) is 22.5. The van der Waals surface area contributed by atoms with E-state index in [9.17, 15) is 15.2 Å². The molecule has 4 nitrogen and oxygen atoms in total. The van der Waals surface area contributed by atoms with Gasteiger partial charge in [-0.15, -0.1) is 23.5 Å². The van der Waals surface area contributed by atoms with Crippen LogP contribution in [0.15, 0.2) is 82.6 Å². The molecular weight excluding hydrogens is 366 g/mol. The molecule has 1 N–H and O–H groups in total. The lowest BCUT2D eigenvalue weighted by atomic mass is 10.1. The van der Waals surface area contributed by atoms with E-state index in [1.165, 1.54) is 12.1 Å². The minimum absolute atomic E-state index is 0.00937. The molecule has 0 aromatic heterocycles.